The summed E-state index contributed by atoms with van der Waals surface area (Å²) >= 11 is 5.65. The molecule has 0 spiro atoms. The Hall–Kier alpha value is -2.23. The van der Waals surface area contributed by atoms with Crippen LogP contribution in [0.4, 0.5) is 20.2 Å². The first-order chi connectivity index (χ1) is 12.1. The summed E-state index contributed by atoms with van der Waals surface area (Å²) in [7, 11) is -1.39. The average Bonchev–Trinajstić information content (AvgIpc) is 2.57. The summed E-state index contributed by atoms with van der Waals surface area (Å²) in [5.41, 5.74) is 0.329. The van der Waals surface area contributed by atoms with Gasteiger partial charge in [-0.1, -0.05) is 11.6 Å². The summed E-state index contributed by atoms with van der Waals surface area (Å²) in [5.74, 6) is -1.86. The topological polar surface area (TPSA) is 69.7 Å². The molecule has 140 valence electrons. The number of nitrogens with zero attached hydrogens (tertiary/aromatic N) is 2. The van der Waals surface area contributed by atoms with Gasteiger partial charge in [0.2, 0.25) is 5.91 Å². The minimum absolute atomic E-state index is 0.118. The summed E-state index contributed by atoms with van der Waals surface area (Å²) in [6, 6.07) is 8.25. The molecule has 0 atom stereocenters. The number of halogens is 3. The molecule has 0 aromatic heterocycles. The van der Waals surface area contributed by atoms with Crippen molar-refractivity contribution in [3.05, 3.63) is 59.1 Å². The van der Waals surface area contributed by atoms with E-state index >= 15 is 0 Å². The van der Waals surface area contributed by atoms with Crippen molar-refractivity contribution in [2.24, 2.45) is 0 Å². The van der Waals surface area contributed by atoms with Crippen molar-refractivity contribution in [2.45, 2.75) is 0 Å². The molecule has 0 fully saturated rings. The molecule has 0 aliphatic rings. The van der Waals surface area contributed by atoms with Gasteiger partial charge in [-0.3, -0.25) is 4.79 Å². The van der Waals surface area contributed by atoms with Crippen molar-refractivity contribution >= 4 is 39.1 Å². The van der Waals surface area contributed by atoms with Crippen molar-refractivity contribution < 1.29 is 22.0 Å². The molecule has 0 radical (unpaired) electrons. The second-order valence-electron chi connectivity index (χ2n) is 5.45. The standard InChI is InChI=1S/C16H16ClF2N3O3S/c1-21(2)26(24,25)22(13-6-3-11(18)4-7-13)10-16(23)20-12-5-8-15(19)14(17)9-12/h3-9H,10H2,1-2H3,(H,20,23). The molecule has 26 heavy (non-hydrogen) atoms. The first-order valence-electron chi connectivity index (χ1n) is 7.32. The van der Waals surface area contributed by atoms with Crippen molar-refractivity contribution in [3.63, 3.8) is 0 Å². The van der Waals surface area contributed by atoms with Gasteiger partial charge in [0.25, 0.3) is 0 Å². The van der Waals surface area contributed by atoms with Gasteiger partial charge in [-0.05, 0) is 42.5 Å². The van der Waals surface area contributed by atoms with E-state index in [9.17, 15) is 22.0 Å². The van der Waals surface area contributed by atoms with Crippen LogP contribution in [-0.4, -0.2) is 39.3 Å². The lowest BCUT2D eigenvalue weighted by atomic mass is 10.3. The summed E-state index contributed by atoms with van der Waals surface area (Å²) in [4.78, 5) is 12.3. The molecule has 10 heteroatoms. The molecule has 0 aliphatic carbocycles. The monoisotopic (exact) mass is 403 g/mol. The van der Waals surface area contributed by atoms with Crippen LogP contribution in [0, 0.1) is 11.6 Å². The molecule has 0 unspecified atom stereocenters. The lowest BCUT2D eigenvalue weighted by Crippen LogP contribution is -2.44. The largest absolute Gasteiger partial charge is 0.324 e. The first kappa shape index (κ1) is 20.1. The van der Waals surface area contributed by atoms with Gasteiger partial charge in [0.1, 0.15) is 18.2 Å². The molecule has 2 aromatic carbocycles. The molecule has 0 saturated heterocycles. The van der Waals surface area contributed by atoms with Crippen molar-refractivity contribution in [3.8, 4) is 0 Å². The third kappa shape index (κ3) is 4.69. The third-order valence-electron chi connectivity index (χ3n) is 3.35. The predicted molar refractivity (Wildman–Crippen MR) is 96.4 cm³/mol. The van der Waals surface area contributed by atoms with Gasteiger partial charge in [-0.2, -0.15) is 12.7 Å². The van der Waals surface area contributed by atoms with Crippen LogP contribution in [-0.2, 0) is 15.0 Å². The van der Waals surface area contributed by atoms with Crippen LogP contribution in [0.3, 0.4) is 0 Å². The van der Waals surface area contributed by atoms with E-state index in [1.807, 2.05) is 0 Å². The molecule has 0 aliphatic heterocycles. The second-order valence-corrected chi connectivity index (χ2v) is 7.92. The highest BCUT2D eigenvalue weighted by Gasteiger charge is 2.27. The number of hydrogen-bond donors (Lipinski definition) is 1. The zero-order chi connectivity index (χ0) is 19.5. The average molecular weight is 404 g/mol. The zero-order valence-electron chi connectivity index (χ0n) is 13.9. The highest BCUT2D eigenvalue weighted by atomic mass is 35.5. The number of carbonyl (C=O) groups excluding carboxylic acids is 1. The molecule has 6 nitrogen and oxygen atoms in total. The summed E-state index contributed by atoms with van der Waals surface area (Å²) < 4.78 is 53.1. The third-order valence-corrected chi connectivity index (χ3v) is 5.45. The number of amides is 1. The van der Waals surface area contributed by atoms with Crippen LogP contribution >= 0.6 is 11.6 Å². The smallest absolute Gasteiger partial charge is 0.304 e. The maximum absolute atomic E-state index is 13.2. The summed E-state index contributed by atoms with van der Waals surface area (Å²) in [6.07, 6.45) is 0. The van der Waals surface area contributed by atoms with Crippen molar-refractivity contribution in [1.82, 2.24) is 4.31 Å². The highest BCUT2D eigenvalue weighted by Crippen LogP contribution is 2.22. The number of rotatable bonds is 6. The van der Waals surface area contributed by atoms with Crippen LogP contribution in [0.15, 0.2) is 42.5 Å². The fourth-order valence-corrected chi connectivity index (χ4v) is 3.26. The quantitative estimate of drug-likeness (QED) is 0.806. The van der Waals surface area contributed by atoms with Crippen molar-refractivity contribution in [1.29, 1.82) is 0 Å². The predicted octanol–water partition coefficient (Wildman–Crippen LogP) is 2.87. The van der Waals surface area contributed by atoms with E-state index in [4.69, 9.17) is 11.6 Å². The second kappa shape index (κ2) is 7.98. The number of benzene rings is 2. The SMILES string of the molecule is CN(C)S(=O)(=O)N(CC(=O)Nc1ccc(F)c(Cl)c1)c1ccc(F)cc1. The highest BCUT2D eigenvalue weighted by molar-refractivity contribution is 7.90. The number of carbonyl (C=O) groups is 1. The zero-order valence-corrected chi connectivity index (χ0v) is 15.5. The summed E-state index contributed by atoms with van der Waals surface area (Å²) in [6.45, 7) is -0.568. The number of hydrogen-bond acceptors (Lipinski definition) is 3. The molecular formula is C16H16ClF2N3O3S. The molecule has 0 saturated carbocycles. The Labute approximate surface area is 155 Å². The maximum Gasteiger partial charge on any atom is 0.304 e. The van der Waals surface area contributed by atoms with E-state index in [0.717, 1.165) is 26.8 Å². The van der Waals surface area contributed by atoms with E-state index in [1.54, 1.807) is 0 Å². The summed E-state index contributed by atoms with van der Waals surface area (Å²) in [5, 5.41) is 2.26. The van der Waals surface area contributed by atoms with Crippen LogP contribution in [0.1, 0.15) is 0 Å². The molecule has 1 amide bonds. The number of anilines is 2. The minimum Gasteiger partial charge on any atom is -0.324 e. The molecule has 2 aromatic rings. The molecular weight excluding hydrogens is 388 g/mol. The lowest BCUT2D eigenvalue weighted by molar-refractivity contribution is -0.114. The van der Waals surface area contributed by atoms with Gasteiger partial charge in [0.15, 0.2) is 0 Å². The first-order valence-corrected chi connectivity index (χ1v) is 9.09. The van der Waals surface area contributed by atoms with Gasteiger partial charge >= 0.3 is 10.2 Å². The fraction of sp³-hybridized carbons (Fsp3) is 0.188. The van der Waals surface area contributed by atoms with Crippen LogP contribution < -0.4 is 9.62 Å². The van der Waals surface area contributed by atoms with Gasteiger partial charge in [-0.15, -0.1) is 0 Å². The molecule has 0 heterocycles. The Morgan fingerprint density at radius 2 is 1.73 bits per heavy atom. The van der Waals surface area contributed by atoms with E-state index in [2.05, 4.69) is 5.32 Å². The Bertz CT molecular complexity index is 905. The normalized spacial score (nSPS) is 11.5. The fourth-order valence-electron chi connectivity index (χ4n) is 2.02. The molecule has 0 bridgehead atoms. The van der Waals surface area contributed by atoms with Crippen molar-refractivity contribution in [2.75, 3.05) is 30.3 Å². The van der Waals surface area contributed by atoms with Gasteiger partial charge < -0.3 is 5.32 Å². The van der Waals surface area contributed by atoms with Crippen LogP contribution in [0.2, 0.25) is 5.02 Å². The van der Waals surface area contributed by atoms with E-state index in [-0.39, 0.29) is 16.4 Å². The molecule has 1 N–H and O–H groups in total. The minimum atomic E-state index is -4.01. The Kier molecular flexibility index (Phi) is 6.17. The van der Waals surface area contributed by atoms with Gasteiger partial charge in [0, 0.05) is 19.8 Å². The van der Waals surface area contributed by atoms with Crippen LogP contribution in [0.25, 0.3) is 0 Å². The van der Waals surface area contributed by atoms with E-state index in [0.29, 0.717) is 0 Å². The van der Waals surface area contributed by atoms with E-state index in [1.165, 1.54) is 38.4 Å². The van der Waals surface area contributed by atoms with Gasteiger partial charge in [-0.25, -0.2) is 13.1 Å². The van der Waals surface area contributed by atoms with Gasteiger partial charge in [0.05, 0.1) is 10.7 Å². The van der Waals surface area contributed by atoms with Crippen LogP contribution in [0.5, 0.6) is 0 Å². The Balaban J connectivity index is 2.27. The van der Waals surface area contributed by atoms with E-state index < -0.39 is 34.3 Å². The number of nitrogens with one attached hydrogen (secondary N) is 1. The lowest BCUT2D eigenvalue weighted by Gasteiger charge is -2.26. The Morgan fingerprint density at radius 3 is 2.27 bits per heavy atom. The molecule has 2 rings (SSSR count). The maximum atomic E-state index is 13.2. The Morgan fingerprint density at radius 1 is 1.12 bits per heavy atom.